The number of hydroxylamine groups is 2. The number of nitrogens with one attached hydrogen (secondary N) is 1. The second-order valence-electron chi connectivity index (χ2n) is 8.47. The minimum absolute atomic E-state index is 0.0247. The van der Waals surface area contributed by atoms with E-state index < -0.39 is 17.9 Å². The third kappa shape index (κ3) is 4.79. The first-order valence-electron chi connectivity index (χ1n) is 11.6. The number of halogens is 2. The SMILES string of the molecule is CCn1nc(C#Cc2cc(NC(=O)N3OCC[C@@H]3c3ccc(Cl)c(F)c3)ccc2C)c2c(N)ncnc21. The van der Waals surface area contributed by atoms with Gasteiger partial charge in [0.25, 0.3) is 0 Å². The van der Waals surface area contributed by atoms with Crippen LogP contribution in [-0.4, -0.2) is 37.4 Å². The Hall–Kier alpha value is -4.20. The molecule has 0 spiro atoms. The van der Waals surface area contributed by atoms with Gasteiger partial charge < -0.3 is 11.1 Å². The number of amides is 2. The van der Waals surface area contributed by atoms with E-state index in [1.54, 1.807) is 22.9 Å². The second kappa shape index (κ2) is 10.0. The third-order valence-corrected chi connectivity index (χ3v) is 6.40. The molecule has 1 aliphatic rings. The van der Waals surface area contributed by atoms with E-state index in [0.29, 0.717) is 58.9 Å². The molecule has 9 nitrogen and oxygen atoms in total. The normalized spacial score (nSPS) is 15.0. The quantitative estimate of drug-likeness (QED) is 0.375. The van der Waals surface area contributed by atoms with Crippen molar-refractivity contribution in [3.05, 3.63) is 75.9 Å². The van der Waals surface area contributed by atoms with Gasteiger partial charge in [-0.05, 0) is 55.2 Å². The van der Waals surface area contributed by atoms with Gasteiger partial charge in [-0.2, -0.15) is 10.2 Å². The number of anilines is 2. The van der Waals surface area contributed by atoms with Crippen LogP contribution >= 0.6 is 11.6 Å². The molecular formula is C26H23ClFN7O2. The minimum Gasteiger partial charge on any atom is -0.383 e. The molecule has 0 radical (unpaired) electrons. The van der Waals surface area contributed by atoms with E-state index in [-0.39, 0.29) is 5.02 Å². The monoisotopic (exact) mass is 519 g/mol. The van der Waals surface area contributed by atoms with Gasteiger partial charge in [0.15, 0.2) is 5.65 Å². The molecule has 1 fully saturated rings. The Bertz CT molecular complexity index is 1580. The maximum Gasteiger partial charge on any atom is 0.346 e. The fourth-order valence-electron chi connectivity index (χ4n) is 4.17. The van der Waals surface area contributed by atoms with E-state index in [4.69, 9.17) is 22.2 Å². The van der Waals surface area contributed by atoms with Crippen LogP contribution in [-0.2, 0) is 11.4 Å². The smallest absolute Gasteiger partial charge is 0.346 e. The van der Waals surface area contributed by atoms with E-state index in [9.17, 15) is 9.18 Å². The lowest BCUT2D eigenvalue weighted by Gasteiger charge is -2.23. The number of fused-ring (bicyclic) bond motifs is 1. The summed E-state index contributed by atoms with van der Waals surface area (Å²) >= 11 is 5.80. The van der Waals surface area contributed by atoms with Gasteiger partial charge >= 0.3 is 6.03 Å². The zero-order valence-electron chi connectivity index (χ0n) is 20.1. The molecule has 2 amide bonds. The van der Waals surface area contributed by atoms with Gasteiger partial charge in [0.1, 0.15) is 23.7 Å². The van der Waals surface area contributed by atoms with Crippen LogP contribution < -0.4 is 11.1 Å². The van der Waals surface area contributed by atoms with Crippen molar-refractivity contribution < 1.29 is 14.0 Å². The lowest BCUT2D eigenvalue weighted by Crippen LogP contribution is -2.33. The van der Waals surface area contributed by atoms with Crippen molar-refractivity contribution in [3.8, 4) is 11.8 Å². The number of benzene rings is 2. The van der Waals surface area contributed by atoms with Crippen LogP contribution in [0.15, 0.2) is 42.7 Å². The summed E-state index contributed by atoms with van der Waals surface area (Å²) in [6.07, 6.45) is 1.93. The largest absolute Gasteiger partial charge is 0.383 e. The van der Waals surface area contributed by atoms with Crippen LogP contribution in [0.2, 0.25) is 5.02 Å². The van der Waals surface area contributed by atoms with Crippen LogP contribution in [0.4, 0.5) is 20.7 Å². The van der Waals surface area contributed by atoms with E-state index in [1.807, 2.05) is 19.9 Å². The van der Waals surface area contributed by atoms with Crippen molar-refractivity contribution in [1.29, 1.82) is 0 Å². The third-order valence-electron chi connectivity index (χ3n) is 6.10. The van der Waals surface area contributed by atoms with E-state index in [2.05, 4.69) is 32.2 Å². The van der Waals surface area contributed by atoms with Crippen LogP contribution in [0.25, 0.3) is 11.0 Å². The Labute approximate surface area is 217 Å². The summed E-state index contributed by atoms with van der Waals surface area (Å²) in [6, 6.07) is 8.97. The number of aryl methyl sites for hydroxylation is 2. The summed E-state index contributed by atoms with van der Waals surface area (Å²) in [7, 11) is 0. The summed E-state index contributed by atoms with van der Waals surface area (Å²) < 4.78 is 15.7. The Kier molecular flexibility index (Phi) is 6.65. The average molecular weight is 520 g/mol. The molecule has 0 unspecified atom stereocenters. The highest BCUT2D eigenvalue weighted by Gasteiger charge is 2.32. The van der Waals surface area contributed by atoms with Crippen molar-refractivity contribution >= 4 is 40.2 Å². The van der Waals surface area contributed by atoms with Crippen LogP contribution in [0.5, 0.6) is 0 Å². The topological polar surface area (TPSA) is 111 Å². The molecule has 0 aliphatic carbocycles. The Balaban J connectivity index is 1.39. The fourth-order valence-corrected chi connectivity index (χ4v) is 4.29. The summed E-state index contributed by atoms with van der Waals surface area (Å²) in [6.45, 7) is 4.82. The molecule has 3 heterocycles. The van der Waals surface area contributed by atoms with Crippen molar-refractivity contribution in [2.45, 2.75) is 32.9 Å². The molecule has 1 saturated heterocycles. The van der Waals surface area contributed by atoms with Gasteiger partial charge in [0, 0.05) is 24.2 Å². The molecule has 0 saturated carbocycles. The highest BCUT2D eigenvalue weighted by Crippen LogP contribution is 2.32. The number of hydrogen-bond donors (Lipinski definition) is 2. The van der Waals surface area contributed by atoms with Crippen LogP contribution in [0.3, 0.4) is 0 Å². The second-order valence-corrected chi connectivity index (χ2v) is 8.88. The van der Waals surface area contributed by atoms with Crippen LogP contribution in [0.1, 0.15) is 41.8 Å². The van der Waals surface area contributed by atoms with Crippen LogP contribution in [0, 0.1) is 24.6 Å². The van der Waals surface area contributed by atoms with Crippen molar-refractivity contribution in [2.24, 2.45) is 0 Å². The number of hydrogen-bond acceptors (Lipinski definition) is 6. The van der Waals surface area contributed by atoms with Crippen molar-refractivity contribution in [2.75, 3.05) is 17.7 Å². The number of carbonyl (C=O) groups excluding carboxylic acids is 1. The molecular weight excluding hydrogens is 497 g/mol. The van der Waals surface area contributed by atoms with Gasteiger partial charge in [0.05, 0.1) is 23.1 Å². The molecule has 4 aromatic rings. The summed E-state index contributed by atoms with van der Waals surface area (Å²) in [5.74, 6) is 5.98. The molecule has 1 atom stereocenters. The maximum absolute atomic E-state index is 14.0. The zero-order chi connectivity index (χ0) is 26.1. The molecule has 0 bridgehead atoms. The fraction of sp³-hybridized carbons (Fsp3) is 0.231. The highest BCUT2D eigenvalue weighted by molar-refractivity contribution is 6.30. The first kappa shape index (κ1) is 24.5. The van der Waals surface area contributed by atoms with Crippen molar-refractivity contribution in [1.82, 2.24) is 24.8 Å². The van der Waals surface area contributed by atoms with E-state index in [1.165, 1.54) is 23.5 Å². The summed E-state index contributed by atoms with van der Waals surface area (Å²) in [5.41, 5.74) is 9.92. The zero-order valence-corrected chi connectivity index (χ0v) is 20.9. The number of nitrogen functional groups attached to an aromatic ring is 1. The number of aromatic nitrogens is 4. The van der Waals surface area contributed by atoms with Gasteiger partial charge in [-0.15, -0.1) is 0 Å². The van der Waals surface area contributed by atoms with E-state index >= 15 is 0 Å². The number of nitrogens with zero attached hydrogens (tertiary/aromatic N) is 5. The average Bonchev–Trinajstić information content (AvgIpc) is 3.52. The Morgan fingerprint density at radius 2 is 2.11 bits per heavy atom. The van der Waals surface area contributed by atoms with E-state index in [0.717, 1.165) is 5.56 Å². The predicted molar refractivity (Wildman–Crippen MR) is 138 cm³/mol. The molecule has 3 N–H and O–H groups in total. The first-order valence-corrected chi connectivity index (χ1v) is 12.0. The number of rotatable bonds is 3. The molecule has 188 valence electrons. The lowest BCUT2D eigenvalue weighted by molar-refractivity contribution is -0.0830. The molecule has 2 aromatic carbocycles. The van der Waals surface area contributed by atoms with Gasteiger partial charge in [-0.1, -0.05) is 29.7 Å². The predicted octanol–water partition coefficient (Wildman–Crippen LogP) is 4.84. The van der Waals surface area contributed by atoms with Crippen molar-refractivity contribution in [3.63, 3.8) is 0 Å². The number of nitrogens with two attached hydrogens (primary N) is 1. The molecule has 1 aliphatic heterocycles. The summed E-state index contributed by atoms with van der Waals surface area (Å²) in [5, 5.41) is 9.21. The molecule has 5 rings (SSSR count). The molecule has 37 heavy (non-hydrogen) atoms. The number of carbonyl (C=O) groups is 1. The standard InChI is InChI=1S/C26H23ClFN7O2/c1-3-34-25-23(24(29)30-14-31-25)21(33-34)9-6-16-12-18(7-4-15(16)2)32-26(36)35-22(10-11-37-35)17-5-8-19(27)20(28)13-17/h4-5,7-8,12-14,22H,3,10-11H2,1-2H3,(H,32,36)(H2,29,30,31)/t22-/m1/s1. The van der Waals surface area contributed by atoms with Gasteiger partial charge in [0.2, 0.25) is 0 Å². The number of urea groups is 1. The van der Waals surface area contributed by atoms with Gasteiger partial charge in [-0.25, -0.2) is 23.8 Å². The molecule has 2 aromatic heterocycles. The van der Waals surface area contributed by atoms with Gasteiger partial charge in [-0.3, -0.25) is 4.84 Å². The highest BCUT2D eigenvalue weighted by atomic mass is 35.5. The summed E-state index contributed by atoms with van der Waals surface area (Å²) in [4.78, 5) is 26.9. The Morgan fingerprint density at radius 1 is 1.27 bits per heavy atom. The first-order chi connectivity index (χ1) is 17.9. The molecule has 11 heteroatoms. The maximum atomic E-state index is 14.0. The Morgan fingerprint density at radius 3 is 2.89 bits per heavy atom. The lowest BCUT2D eigenvalue weighted by atomic mass is 10.0. The minimum atomic E-state index is -0.543.